The number of rotatable bonds is 4. The molecule has 0 saturated heterocycles. The average Bonchev–Trinajstić information content (AvgIpc) is 2.54. The van der Waals surface area contributed by atoms with Gasteiger partial charge < -0.3 is 20.5 Å². The number of aromatic hydroxyl groups is 1. The van der Waals surface area contributed by atoms with Gasteiger partial charge in [-0.05, 0) is 35.9 Å². The Hall–Kier alpha value is -2.53. The molecule has 2 aromatic rings. The largest absolute Gasteiger partial charge is 0.507 e. The maximum absolute atomic E-state index is 12.5. The Labute approximate surface area is 123 Å². The van der Waals surface area contributed by atoms with Crippen LogP contribution in [0.25, 0.3) is 0 Å². The molecule has 0 heterocycles. The molecule has 0 atom stereocenters. The Kier molecular flexibility index (Phi) is 4.45. The number of amides is 1. The number of carbonyl (C=O) groups is 1. The van der Waals surface area contributed by atoms with Crippen LogP contribution in [0.1, 0.15) is 15.9 Å². The van der Waals surface area contributed by atoms with Gasteiger partial charge in [-0.1, -0.05) is 12.1 Å². The van der Waals surface area contributed by atoms with Crippen molar-refractivity contribution in [2.24, 2.45) is 5.73 Å². The van der Waals surface area contributed by atoms with Crippen LogP contribution in [0.5, 0.6) is 11.5 Å². The van der Waals surface area contributed by atoms with Gasteiger partial charge in [0.25, 0.3) is 5.91 Å². The minimum Gasteiger partial charge on any atom is -0.507 e. The average molecular weight is 286 g/mol. The van der Waals surface area contributed by atoms with Gasteiger partial charge in [0.05, 0.1) is 12.7 Å². The first kappa shape index (κ1) is 14.9. The van der Waals surface area contributed by atoms with Crippen LogP contribution in [0.2, 0.25) is 0 Å². The van der Waals surface area contributed by atoms with Crippen LogP contribution in [0.3, 0.4) is 0 Å². The van der Waals surface area contributed by atoms with Crippen LogP contribution in [0, 0.1) is 0 Å². The van der Waals surface area contributed by atoms with E-state index >= 15 is 0 Å². The first-order valence-corrected chi connectivity index (χ1v) is 6.51. The molecule has 21 heavy (non-hydrogen) atoms. The summed E-state index contributed by atoms with van der Waals surface area (Å²) in [6.07, 6.45) is 0. The first-order valence-electron chi connectivity index (χ1n) is 6.51. The van der Waals surface area contributed by atoms with E-state index in [0.717, 1.165) is 5.56 Å². The number of hydrogen-bond donors (Lipinski definition) is 2. The topological polar surface area (TPSA) is 75.8 Å². The maximum atomic E-state index is 12.5. The van der Waals surface area contributed by atoms with Crippen molar-refractivity contribution in [3.8, 4) is 11.5 Å². The Bertz CT molecular complexity index is 656. The molecule has 0 unspecified atom stereocenters. The molecule has 0 saturated carbocycles. The summed E-state index contributed by atoms with van der Waals surface area (Å²) in [5, 5.41) is 9.87. The van der Waals surface area contributed by atoms with E-state index in [9.17, 15) is 9.90 Å². The molecule has 5 nitrogen and oxygen atoms in total. The van der Waals surface area contributed by atoms with E-state index in [4.69, 9.17) is 10.5 Å². The summed E-state index contributed by atoms with van der Waals surface area (Å²) in [5.74, 6) is 0.114. The summed E-state index contributed by atoms with van der Waals surface area (Å²) >= 11 is 0. The highest BCUT2D eigenvalue weighted by atomic mass is 16.5. The smallest absolute Gasteiger partial charge is 0.261 e. The number of methoxy groups -OCH3 is 1. The standard InChI is InChI=1S/C16H18N2O3/c1-18(12-5-3-4-11(8-12)10-17)16(20)14-9-13(21-2)6-7-15(14)19/h3-9,19H,10,17H2,1-2H3. The first-order chi connectivity index (χ1) is 10.1. The van der Waals surface area contributed by atoms with Gasteiger partial charge in [0.1, 0.15) is 11.5 Å². The van der Waals surface area contributed by atoms with Crippen molar-refractivity contribution in [1.82, 2.24) is 0 Å². The lowest BCUT2D eigenvalue weighted by molar-refractivity contribution is 0.0990. The predicted molar refractivity (Wildman–Crippen MR) is 81.7 cm³/mol. The van der Waals surface area contributed by atoms with Gasteiger partial charge in [-0.3, -0.25) is 4.79 Å². The molecule has 0 radical (unpaired) electrons. The Morgan fingerprint density at radius 1 is 1.29 bits per heavy atom. The number of nitrogens with zero attached hydrogens (tertiary/aromatic N) is 1. The van der Waals surface area contributed by atoms with Gasteiger partial charge in [0, 0.05) is 19.3 Å². The molecular weight excluding hydrogens is 268 g/mol. The normalized spacial score (nSPS) is 10.2. The zero-order chi connectivity index (χ0) is 15.4. The minimum atomic E-state index is -0.319. The highest BCUT2D eigenvalue weighted by molar-refractivity contribution is 6.07. The lowest BCUT2D eigenvalue weighted by atomic mass is 10.1. The molecule has 0 aromatic heterocycles. The van der Waals surface area contributed by atoms with Crippen LogP contribution in [0.15, 0.2) is 42.5 Å². The number of phenols is 1. The van der Waals surface area contributed by atoms with Gasteiger partial charge in [0.15, 0.2) is 0 Å². The number of benzene rings is 2. The lowest BCUT2D eigenvalue weighted by Gasteiger charge is -2.19. The Morgan fingerprint density at radius 3 is 2.71 bits per heavy atom. The van der Waals surface area contributed by atoms with E-state index in [1.165, 1.54) is 24.1 Å². The van der Waals surface area contributed by atoms with Crippen LogP contribution < -0.4 is 15.4 Å². The molecule has 2 rings (SSSR count). The van der Waals surface area contributed by atoms with Crippen molar-refractivity contribution in [3.05, 3.63) is 53.6 Å². The second kappa shape index (κ2) is 6.28. The van der Waals surface area contributed by atoms with E-state index in [1.54, 1.807) is 13.1 Å². The molecule has 1 amide bonds. The second-order valence-electron chi connectivity index (χ2n) is 4.62. The van der Waals surface area contributed by atoms with Gasteiger partial charge in [0.2, 0.25) is 0 Å². The SMILES string of the molecule is COc1ccc(O)c(C(=O)N(C)c2cccc(CN)c2)c1. The van der Waals surface area contributed by atoms with Crippen molar-refractivity contribution in [2.45, 2.75) is 6.54 Å². The molecule has 0 bridgehead atoms. The molecule has 0 aliphatic heterocycles. The van der Waals surface area contributed by atoms with Crippen LogP contribution in [0.4, 0.5) is 5.69 Å². The van der Waals surface area contributed by atoms with E-state index in [1.807, 2.05) is 24.3 Å². The zero-order valence-electron chi connectivity index (χ0n) is 12.0. The number of nitrogens with two attached hydrogens (primary N) is 1. The summed E-state index contributed by atoms with van der Waals surface area (Å²) < 4.78 is 5.08. The number of carbonyl (C=O) groups excluding carboxylic acids is 1. The molecule has 0 spiro atoms. The number of ether oxygens (including phenoxy) is 1. The minimum absolute atomic E-state index is 0.0809. The summed E-state index contributed by atoms with van der Waals surface area (Å²) in [7, 11) is 3.16. The molecule has 0 aliphatic carbocycles. The van der Waals surface area contributed by atoms with Crippen LogP contribution in [-0.4, -0.2) is 25.2 Å². The summed E-state index contributed by atoms with van der Waals surface area (Å²) in [6.45, 7) is 0.403. The van der Waals surface area contributed by atoms with Gasteiger partial charge >= 0.3 is 0 Å². The molecule has 110 valence electrons. The Morgan fingerprint density at radius 2 is 2.05 bits per heavy atom. The maximum Gasteiger partial charge on any atom is 0.261 e. The van der Waals surface area contributed by atoms with Crippen LogP contribution >= 0.6 is 0 Å². The molecule has 3 N–H and O–H groups in total. The van der Waals surface area contributed by atoms with Gasteiger partial charge in [-0.15, -0.1) is 0 Å². The monoisotopic (exact) mass is 286 g/mol. The molecule has 0 fully saturated rings. The fourth-order valence-electron chi connectivity index (χ4n) is 2.00. The van der Waals surface area contributed by atoms with E-state index in [0.29, 0.717) is 18.0 Å². The summed E-state index contributed by atoms with van der Waals surface area (Å²) in [4.78, 5) is 14.0. The van der Waals surface area contributed by atoms with Crippen molar-refractivity contribution >= 4 is 11.6 Å². The number of anilines is 1. The molecule has 5 heteroatoms. The Balaban J connectivity index is 2.34. The third-order valence-corrected chi connectivity index (χ3v) is 3.27. The molecular formula is C16H18N2O3. The van der Waals surface area contributed by atoms with E-state index < -0.39 is 0 Å². The lowest BCUT2D eigenvalue weighted by Crippen LogP contribution is -2.26. The third kappa shape index (κ3) is 3.14. The number of phenolic OH excluding ortho intramolecular Hbond substituents is 1. The van der Waals surface area contributed by atoms with Crippen molar-refractivity contribution in [2.75, 3.05) is 19.1 Å². The summed E-state index contributed by atoms with van der Waals surface area (Å²) in [5.41, 5.74) is 7.44. The highest BCUT2D eigenvalue weighted by Gasteiger charge is 2.18. The molecule has 2 aromatic carbocycles. The van der Waals surface area contributed by atoms with E-state index in [2.05, 4.69) is 0 Å². The van der Waals surface area contributed by atoms with E-state index in [-0.39, 0.29) is 17.2 Å². The number of hydrogen-bond acceptors (Lipinski definition) is 4. The zero-order valence-corrected chi connectivity index (χ0v) is 12.0. The van der Waals surface area contributed by atoms with Gasteiger partial charge in [-0.25, -0.2) is 0 Å². The predicted octanol–water partition coefficient (Wildman–Crippen LogP) is 2.14. The fourth-order valence-corrected chi connectivity index (χ4v) is 2.00. The van der Waals surface area contributed by atoms with Gasteiger partial charge in [-0.2, -0.15) is 0 Å². The second-order valence-corrected chi connectivity index (χ2v) is 4.62. The quantitative estimate of drug-likeness (QED) is 0.903. The molecule has 0 aliphatic rings. The fraction of sp³-hybridized carbons (Fsp3) is 0.188. The van der Waals surface area contributed by atoms with Crippen molar-refractivity contribution in [1.29, 1.82) is 0 Å². The van der Waals surface area contributed by atoms with Crippen molar-refractivity contribution in [3.63, 3.8) is 0 Å². The third-order valence-electron chi connectivity index (χ3n) is 3.27. The summed E-state index contributed by atoms with van der Waals surface area (Å²) in [6, 6.07) is 11.9. The van der Waals surface area contributed by atoms with Crippen molar-refractivity contribution < 1.29 is 14.6 Å². The highest BCUT2D eigenvalue weighted by Crippen LogP contribution is 2.26. The van der Waals surface area contributed by atoms with Crippen LogP contribution in [-0.2, 0) is 6.54 Å².